The van der Waals surface area contributed by atoms with Crippen LogP contribution in [0.15, 0.2) is 46.6 Å². The second kappa shape index (κ2) is 9.83. The van der Waals surface area contributed by atoms with Crippen LogP contribution in [0.3, 0.4) is 0 Å². The summed E-state index contributed by atoms with van der Waals surface area (Å²) in [5, 5.41) is 11.1. The minimum Gasteiger partial charge on any atom is -0.507 e. The fourth-order valence-corrected chi connectivity index (χ4v) is 3.74. The van der Waals surface area contributed by atoms with Crippen LogP contribution in [0.4, 0.5) is 0 Å². The molecule has 1 aliphatic rings. The lowest BCUT2D eigenvalue weighted by Crippen LogP contribution is -2.32. The van der Waals surface area contributed by atoms with Gasteiger partial charge in [-0.2, -0.15) is 0 Å². The van der Waals surface area contributed by atoms with E-state index in [9.17, 15) is 14.7 Å². The van der Waals surface area contributed by atoms with Gasteiger partial charge >= 0.3 is 0 Å². The highest BCUT2D eigenvalue weighted by atomic mass is 16.5. The number of carbonyl (C=O) groups is 2. The molecule has 0 saturated carbocycles. The number of likely N-dealkylation sites (tertiary alicyclic amines) is 1. The fourth-order valence-electron chi connectivity index (χ4n) is 3.74. The Hall–Kier alpha value is -3.06. The molecule has 1 saturated heterocycles. The number of carbonyl (C=O) groups excluding carboxylic acids is 2. The Morgan fingerprint density at radius 1 is 1.26 bits per heavy atom. The molecule has 0 bridgehead atoms. The highest BCUT2D eigenvalue weighted by molar-refractivity contribution is 6.46. The summed E-state index contributed by atoms with van der Waals surface area (Å²) in [4.78, 5) is 29.3. The van der Waals surface area contributed by atoms with E-state index < -0.39 is 17.7 Å². The molecule has 1 aromatic heterocycles. The fraction of sp³-hybridized carbons (Fsp3) is 0.417. The molecular weight excluding hydrogens is 396 g/mol. The number of aliphatic hydroxyl groups is 1. The topological polar surface area (TPSA) is 83.2 Å². The van der Waals surface area contributed by atoms with Gasteiger partial charge < -0.3 is 24.1 Å². The van der Waals surface area contributed by atoms with Gasteiger partial charge in [-0.15, -0.1) is 0 Å². The van der Waals surface area contributed by atoms with Crippen LogP contribution in [0.1, 0.15) is 42.7 Å². The van der Waals surface area contributed by atoms with Gasteiger partial charge in [0.1, 0.15) is 23.3 Å². The monoisotopic (exact) mass is 426 g/mol. The summed E-state index contributed by atoms with van der Waals surface area (Å²) in [7, 11) is 3.91. The number of benzene rings is 1. The van der Waals surface area contributed by atoms with Gasteiger partial charge in [0.2, 0.25) is 0 Å². The minimum absolute atomic E-state index is 0.0476. The minimum atomic E-state index is -0.756. The van der Waals surface area contributed by atoms with E-state index >= 15 is 0 Å². The number of hydrogen-bond donors (Lipinski definition) is 1. The summed E-state index contributed by atoms with van der Waals surface area (Å²) in [5.41, 5.74) is 1.35. The second-order valence-corrected chi connectivity index (χ2v) is 7.99. The van der Waals surface area contributed by atoms with Crippen LogP contribution in [0.25, 0.3) is 5.76 Å². The Labute approximate surface area is 182 Å². The van der Waals surface area contributed by atoms with Crippen LogP contribution in [0.2, 0.25) is 0 Å². The summed E-state index contributed by atoms with van der Waals surface area (Å²) in [5.74, 6) is -0.357. The summed E-state index contributed by atoms with van der Waals surface area (Å²) >= 11 is 0. The predicted molar refractivity (Wildman–Crippen MR) is 118 cm³/mol. The molecule has 0 aliphatic carbocycles. The number of furan rings is 1. The predicted octanol–water partition coefficient (Wildman–Crippen LogP) is 3.75. The van der Waals surface area contributed by atoms with Crippen molar-refractivity contribution in [1.82, 2.24) is 9.80 Å². The maximum Gasteiger partial charge on any atom is 0.295 e. The number of ether oxygens (including phenoxy) is 1. The Bertz CT molecular complexity index is 962. The van der Waals surface area contributed by atoms with Crippen molar-refractivity contribution in [3.63, 3.8) is 0 Å². The van der Waals surface area contributed by atoms with E-state index in [0.29, 0.717) is 30.9 Å². The van der Waals surface area contributed by atoms with Crippen LogP contribution < -0.4 is 4.74 Å². The molecule has 1 amide bonds. The molecule has 7 heteroatoms. The zero-order valence-corrected chi connectivity index (χ0v) is 18.6. The van der Waals surface area contributed by atoms with E-state index in [1.54, 1.807) is 30.3 Å². The first-order valence-corrected chi connectivity index (χ1v) is 10.6. The number of ketones is 1. The van der Waals surface area contributed by atoms with Crippen LogP contribution in [-0.2, 0) is 9.59 Å². The van der Waals surface area contributed by atoms with Gasteiger partial charge in [-0.05, 0) is 76.3 Å². The SMILES string of the molecule is CCCOc1ccc(/C(O)=C2/C(=O)C(=O)N(CCCN(C)C)C2c2ccco2)cc1C. The van der Waals surface area contributed by atoms with Gasteiger partial charge in [0.25, 0.3) is 11.7 Å². The van der Waals surface area contributed by atoms with Crippen LogP contribution >= 0.6 is 0 Å². The summed E-state index contributed by atoms with van der Waals surface area (Å²) in [6.45, 7) is 5.66. The molecule has 1 unspecified atom stereocenters. The van der Waals surface area contributed by atoms with Crippen molar-refractivity contribution >= 4 is 17.4 Å². The van der Waals surface area contributed by atoms with Gasteiger partial charge in [-0.3, -0.25) is 9.59 Å². The Kier molecular flexibility index (Phi) is 7.17. The third-order valence-electron chi connectivity index (χ3n) is 5.27. The smallest absolute Gasteiger partial charge is 0.295 e. The van der Waals surface area contributed by atoms with Crippen LogP contribution in [-0.4, -0.2) is 60.4 Å². The summed E-state index contributed by atoms with van der Waals surface area (Å²) in [6, 6.07) is 7.91. The lowest BCUT2D eigenvalue weighted by Gasteiger charge is -2.24. The Morgan fingerprint density at radius 3 is 2.65 bits per heavy atom. The highest BCUT2D eigenvalue weighted by Gasteiger charge is 2.47. The number of aliphatic hydroxyl groups excluding tert-OH is 1. The van der Waals surface area contributed by atoms with Crippen molar-refractivity contribution in [2.75, 3.05) is 33.8 Å². The first-order valence-electron chi connectivity index (χ1n) is 10.6. The molecule has 1 aliphatic heterocycles. The van der Waals surface area contributed by atoms with E-state index in [2.05, 4.69) is 0 Å². The first kappa shape index (κ1) is 22.6. The molecular formula is C24H30N2O5. The van der Waals surface area contributed by atoms with Crippen molar-refractivity contribution in [2.45, 2.75) is 32.7 Å². The zero-order valence-electron chi connectivity index (χ0n) is 18.6. The van der Waals surface area contributed by atoms with E-state index in [1.807, 2.05) is 32.8 Å². The largest absolute Gasteiger partial charge is 0.507 e. The summed E-state index contributed by atoms with van der Waals surface area (Å²) < 4.78 is 11.3. The standard InChI is InChI=1S/C24H30N2O5/c1-5-13-30-18-10-9-17(15-16(18)2)22(27)20-21(19-8-6-14-31-19)26(24(29)23(20)28)12-7-11-25(3)4/h6,8-10,14-15,21,27H,5,7,11-13H2,1-4H3/b22-20-. The first-order chi connectivity index (χ1) is 14.8. The third-order valence-corrected chi connectivity index (χ3v) is 5.27. The normalized spacial score (nSPS) is 18.2. The van der Waals surface area contributed by atoms with Gasteiger partial charge in [0.05, 0.1) is 18.4 Å². The van der Waals surface area contributed by atoms with Gasteiger partial charge in [-0.1, -0.05) is 6.92 Å². The average Bonchev–Trinajstić information content (AvgIpc) is 3.34. The van der Waals surface area contributed by atoms with E-state index in [-0.39, 0.29) is 11.3 Å². The molecule has 7 nitrogen and oxygen atoms in total. The Balaban J connectivity index is 2.00. The lowest BCUT2D eigenvalue weighted by molar-refractivity contribution is -0.140. The molecule has 1 atom stereocenters. The molecule has 1 aromatic carbocycles. The molecule has 1 fully saturated rings. The van der Waals surface area contributed by atoms with Crippen molar-refractivity contribution in [3.8, 4) is 5.75 Å². The third kappa shape index (κ3) is 4.82. The molecule has 0 radical (unpaired) electrons. The quantitative estimate of drug-likeness (QED) is 0.374. The molecule has 2 heterocycles. The van der Waals surface area contributed by atoms with Gasteiger partial charge in [0.15, 0.2) is 0 Å². The molecule has 0 spiro atoms. The van der Waals surface area contributed by atoms with Crippen molar-refractivity contribution < 1.29 is 23.8 Å². The molecule has 2 aromatic rings. The van der Waals surface area contributed by atoms with Crippen LogP contribution in [0.5, 0.6) is 5.75 Å². The number of Topliss-reactive ketones (excluding diaryl/α,β-unsaturated/α-hetero) is 1. The van der Waals surface area contributed by atoms with Crippen molar-refractivity contribution in [1.29, 1.82) is 0 Å². The molecule has 3 rings (SSSR count). The summed E-state index contributed by atoms with van der Waals surface area (Å²) in [6.07, 6.45) is 3.08. The highest BCUT2D eigenvalue weighted by Crippen LogP contribution is 2.40. The van der Waals surface area contributed by atoms with Crippen LogP contribution in [0, 0.1) is 6.92 Å². The lowest BCUT2D eigenvalue weighted by atomic mass is 9.98. The van der Waals surface area contributed by atoms with Gasteiger partial charge in [0, 0.05) is 12.1 Å². The van der Waals surface area contributed by atoms with E-state index in [4.69, 9.17) is 9.15 Å². The van der Waals surface area contributed by atoms with E-state index in [1.165, 1.54) is 11.2 Å². The Morgan fingerprint density at radius 2 is 2.03 bits per heavy atom. The zero-order chi connectivity index (χ0) is 22.5. The molecule has 1 N–H and O–H groups in total. The number of aryl methyl sites for hydroxylation is 1. The molecule has 166 valence electrons. The maximum absolute atomic E-state index is 12.9. The van der Waals surface area contributed by atoms with Crippen molar-refractivity contribution in [2.24, 2.45) is 0 Å². The van der Waals surface area contributed by atoms with Crippen molar-refractivity contribution in [3.05, 3.63) is 59.1 Å². The molecule has 31 heavy (non-hydrogen) atoms. The average molecular weight is 427 g/mol. The number of rotatable bonds is 9. The number of amides is 1. The van der Waals surface area contributed by atoms with E-state index in [0.717, 1.165) is 24.3 Å². The maximum atomic E-state index is 12.9. The van der Waals surface area contributed by atoms with Gasteiger partial charge in [-0.25, -0.2) is 0 Å². The number of nitrogens with zero attached hydrogens (tertiary/aromatic N) is 2. The number of hydrogen-bond acceptors (Lipinski definition) is 6. The second-order valence-electron chi connectivity index (χ2n) is 7.99.